The van der Waals surface area contributed by atoms with Crippen LogP contribution in [-0.2, 0) is 0 Å². The Kier molecular flexibility index (Phi) is 3.28. The Hall–Kier alpha value is -2.14. The van der Waals surface area contributed by atoms with E-state index in [0.29, 0.717) is 5.88 Å². The van der Waals surface area contributed by atoms with Gasteiger partial charge in [-0.15, -0.1) is 0 Å². The van der Waals surface area contributed by atoms with Crippen LogP contribution in [0.2, 0.25) is 0 Å². The SMILES string of the molecule is Cc1cc(-c2noc(N)c2-c2ccccc2Br)ccn1. The first-order valence-electron chi connectivity index (χ1n) is 6.10. The maximum atomic E-state index is 5.95. The number of nitrogens with two attached hydrogens (primary N) is 1. The second-order valence-corrected chi connectivity index (χ2v) is 5.29. The first-order chi connectivity index (χ1) is 9.66. The molecule has 0 saturated heterocycles. The van der Waals surface area contributed by atoms with Gasteiger partial charge in [-0.3, -0.25) is 4.98 Å². The average molecular weight is 330 g/mol. The Morgan fingerprint density at radius 3 is 2.75 bits per heavy atom. The number of benzene rings is 1. The molecule has 2 heterocycles. The number of halogens is 1. The van der Waals surface area contributed by atoms with Gasteiger partial charge in [0.05, 0.1) is 5.56 Å². The fourth-order valence-electron chi connectivity index (χ4n) is 2.12. The van der Waals surface area contributed by atoms with Crippen LogP contribution >= 0.6 is 15.9 Å². The summed E-state index contributed by atoms with van der Waals surface area (Å²) in [4.78, 5) is 4.19. The summed E-state index contributed by atoms with van der Waals surface area (Å²) < 4.78 is 6.13. The van der Waals surface area contributed by atoms with Gasteiger partial charge >= 0.3 is 0 Å². The van der Waals surface area contributed by atoms with Gasteiger partial charge < -0.3 is 10.3 Å². The standard InChI is InChI=1S/C15H12BrN3O/c1-9-8-10(6-7-18-9)14-13(15(17)20-19-14)11-4-2-3-5-12(11)16/h2-8H,17H2,1H3. The van der Waals surface area contributed by atoms with E-state index in [1.807, 2.05) is 43.3 Å². The van der Waals surface area contributed by atoms with Crippen molar-refractivity contribution in [3.8, 4) is 22.4 Å². The summed E-state index contributed by atoms with van der Waals surface area (Å²) in [5, 5.41) is 4.10. The van der Waals surface area contributed by atoms with E-state index in [4.69, 9.17) is 10.3 Å². The molecule has 100 valence electrons. The van der Waals surface area contributed by atoms with E-state index in [1.54, 1.807) is 6.20 Å². The molecular weight excluding hydrogens is 318 g/mol. The minimum Gasteiger partial charge on any atom is -0.367 e. The van der Waals surface area contributed by atoms with E-state index >= 15 is 0 Å². The molecule has 0 fully saturated rings. The quantitative estimate of drug-likeness (QED) is 0.770. The topological polar surface area (TPSA) is 64.9 Å². The van der Waals surface area contributed by atoms with Crippen molar-refractivity contribution < 1.29 is 4.52 Å². The van der Waals surface area contributed by atoms with E-state index in [-0.39, 0.29) is 0 Å². The largest absolute Gasteiger partial charge is 0.367 e. The number of hydrogen-bond donors (Lipinski definition) is 1. The van der Waals surface area contributed by atoms with E-state index in [1.165, 1.54) is 0 Å². The molecule has 0 aliphatic rings. The van der Waals surface area contributed by atoms with Crippen LogP contribution in [0.1, 0.15) is 5.69 Å². The second kappa shape index (κ2) is 5.09. The third-order valence-electron chi connectivity index (χ3n) is 3.03. The molecule has 0 unspecified atom stereocenters. The van der Waals surface area contributed by atoms with Crippen LogP contribution in [0.5, 0.6) is 0 Å². The molecule has 3 rings (SSSR count). The number of nitrogens with zero attached hydrogens (tertiary/aromatic N) is 2. The van der Waals surface area contributed by atoms with Gasteiger partial charge in [-0.05, 0) is 25.1 Å². The number of nitrogen functional groups attached to an aromatic ring is 1. The average Bonchev–Trinajstić information content (AvgIpc) is 2.81. The summed E-state index contributed by atoms with van der Waals surface area (Å²) in [6.07, 6.45) is 1.75. The van der Waals surface area contributed by atoms with Gasteiger partial charge in [0.1, 0.15) is 5.69 Å². The van der Waals surface area contributed by atoms with Crippen LogP contribution in [0.25, 0.3) is 22.4 Å². The summed E-state index contributed by atoms with van der Waals surface area (Å²) in [7, 11) is 0. The smallest absolute Gasteiger partial charge is 0.230 e. The third-order valence-corrected chi connectivity index (χ3v) is 3.72. The molecule has 4 nitrogen and oxygen atoms in total. The van der Waals surface area contributed by atoms with Crippen molar-refractivity contribution in [2.75, 3.05) is 5.73 Å². The highest BCUT2D eigenvalue weighted by atomic mass is 79.9. The molecular formula is C15H12BrN3O. The number of aryl methyl sites for hydroxylation is 1. The molecule has 0 radical (unpaired) electrons. The third kappa shape index (κ3) is 2.20. The Balaban J connectivity index is 2.23. The first-order valence-corrected chi connectivity index (χ1v) is 6.89. The maximum absolute atomic E-state index is 5.95. The van der Waals surface area contributed by atoms with Crippen molar-refractivity contribution in [2.45, 2.75) is 6.92 Å². The molecule has 2 aromatic heterocycles. The van der Waals surface area contributed by atoms with Gasteiger partial charge in [0, 0.05) is 27.5 Å². The summed E-state index contributed by atoms with van der Waals surface area (Å²) in [6, 6.07) is 11.7. The Labute approximate surface area is 124 Å². The molecule has 0 aliphatic carbocycles. The van der Waals surface area contributed by atoms with Gasteiger partial charge in [0.15, 0.2) is 0 Å². The molecule has 20 heavy (non-hydrogen) atoms. The number of anilines is 1. The molecule has 5 heteroatoms. The highest BCUT2D eigenvalue weighted by Crippen LogP contribution is 2.39. The minimum absolute atomic E-state index is 0.307. The van der Waals surface area contributed by atoms with Crippen molar-refractivity contribution in [2.24, 2.45) is 0 Å². The molecule has 2 N–H and O–H groups in total. The van der Waals surface area contributed by atoms with Crippen molar-refractivity contribution in [3.05, 3.63) is 52.8 Å². The van der Waals surface area contributed by atoms with Gasteiger partial charge in [-0.1, -0.05) is 39.3 Å². The highest BCUT2D eigenvalue weighted by Gasteiger charge is 2.19. The molecule has 0 atom stereocenters. The zero-order valence-corrected chi connectivity index (χ0v) is 12.4. The molecule has 0 saturated carbocycles. The van der Waals surface area contributed by atoms with Crippen LogP contribution < -0.4 is 5.73 Å². The Morgan fingerprint density at radius 2 is 2.00 bits per heavy atom. The zero-order valence-electron chi connectivity index (χ0n) is 10.8. The minimum atomic E-state index is 0.307. The molecule has 3 aromatic rings. The fraction of sp³-hybridized carbons (Fsp3) is 0.0667. The number of hydrogen-bond acceptors (Lipinski definition) is 4. The lowest BCUT2D eigenvalue weighted by atomic mass is 10.0. The highest BCUT2D eigenvalue weighted by molar-refractivity contribution is 9.10. The predicted molar refractivity (Wildman–Crippen MR) is 82.0 cm³/mol. The van der Waals surface area contributed by atoms with Crippen LogP contribution in [0.4, 0.5) is 5.88 Å². The summed E-state index contributed by atoms with van der Waals surface area (Å²) in [6.45, 7) is 1.94. The van der Waals surface area contributed by atoms with E-state index in [0.717, 1.165) is 32.6 Å². The zero-order chi connectivity index (χ0) is 14.1. The molecule has 0 bridgehead atoms. The predicted octanol–water partition coefficient (Wildman–Crippen LogP) is 4.06. The van der Waals surface area contributed by atoms with E-state index in [9.17, 15) is 0 Å². The van der Waals surface area contributed by atoms with Gasteiger partial charge in [0.2, 0.25) is 5.88 Å². The summed E-state index contributed by atoms with van der Waals surface area (Å²) >= 11 is 3.54. The maximum Gasteiger partial charge on any atom is 0.230 e. The van der Waals surface area contributed by atoms with Gasteiger partial charge in [-0.25, -0.2) is 0 Å². The van der Waals surface area contributed by atoms with Crippen LogP contribution in [0.15, 0.2) is 51.6 Å². The van der Waals surface area contributed by atoms with Crippen LogP contribution in [0.3, 0.4) is 0 Å². The van der Waals surface area contributed by atoms with Crippen molar-refractivity contribution in [1.29, 1.82) is 0 Å². The fourth-order valence-corrected chi connectivity index (χ4v) is 2.60. The summed E-state index contributed by atoms with van der Waals surface area (Å²) in [5.74, 6) is 0.307. The van der Waals surface area contributed by atoms with Crippen LogP contribution in [-0.4, -0.2) is 10.1 Å². The Morgan fingerprint density at radius 1 is 1.20 bits per heavy atom. The van der Waals surface area contributed by atoms with Crippen molar-refractivity contribution in [1.82, 2.24) is 10.1 Å². The lowest BCUT2D eigenvalue weighted by molar-refractivity contribution is 0.439. The van der Waals surface area contributed by atoms with E-state index in [2.05, 4.69) is 26.1 Å². The first kappa shape index (κ1) is 12.9. The number of rotatable bonds is 2. The lowest BCUT2D eigenvalue weighted by Gasteiger charge is -2.05. The number of pyridine rings is 1. The Bertz CT molecular complexity index is 767. The van der Waals surface area contributed by atoms with E-state index < -0.39 is 0 Å². The van der Waals surface area contributed by atoms with Gasteiger partial charge in [-0.2, -0.15) is 0 Å². The molecule has 0 spiro atoms. The van der Waals surface area contributed by atoms with Crippen molar-refractivity contribution >= 4 is 21.8 Å². The normalized spacial score (nSPS) is 10.7. The lowest BCUT2D eigenvalue weighted by Crippen LogP contribution is -1.89. The van der Waals surface area contributed by atoms with Crippen molar-refractivity contribution in [3.63, 3.8) is 0 Å². The second-order valence-electron chi connectivity index (χ2n) is 4.44. The molecule has 0 amide bonds. The molecule has 1 aromatic carbocycles. The number of aromatic nitrogens is 2. The van der Waals surface area contributed by atoms with Crippen LogP contribution in [0, 0.1) is 6.92 Å². The monoisotopic (exact) mass is 329 g/mol. The summed E-state index contributed by atoms with van der Waals surface area (Å²) in [5.41, 5.74) is 10.3. The molecule has 0 aliphatic heterocycles. The van der Waals surface area contributed by atoms with Gasteiger partial charge in [0.25, 0.3) is 0 Å².